The van der Waals surface area contributed by atoms with Crippen molar-refractivity contribution in [3.05, 3.63) is 76.8 Å². The summed E-state index contributed by atoms with van der Waals surface area (Å²) in [6, 6.07) is 18.2. The maximum Gasteiger partial charge on any atom is 0.238 e. The zero-order chi connectivity index (χ0) is 28.6. The minimum atomic E-state index is -3.47. The number of sulfonamides is 1. The van der Waals surface area contributed by atoms with Gasteiger partial charge in [0.05, 0.1) is 35.6 Å². The lowest BCUT2D eigenvalue weighted by atomic mass is 9.90. The van der Waals surface area contributed by atoms with E-state index in [0.717, 1.165) is 29.1 Å². The molecule has 40 heavy (non-hydrogen) atoms. The highest BCUT2D eigenvalue weighted by Crippen LogP contribution is 2.40. The number of likely N-dealkylation sites (N-methyl/N-ethyl adjacent to an activating group) is 2. The Morgan fingerprint density at radius 3 is 2.55 bits per heavy atom. The molecule has 0 spiro atoms. The molecule has 0 radical (unpaired) electrons. The number of carbonyl (C=O) groups excluding carboxylic acids is 1. The summed E-state index contributed by atoms with van der Waals surface area (Å²) in [5, 5.41) is 3.47. The first-order valence-electron chi connectivity index (χ1n) is 12.9. The molecule has 1 atom stereocenters. The van der Waals surface area contributed by atoms with E-state index in [0.29, 0.717) is 47.5 Å². The number of halogens is 1. The van der Waals surface area contributed by atoms with Crippen LogP contribution in [0.1, 0.15) is 17.0 Å². The number of nitrogens with zero attached hydrogens (tertiary/aromatic N) is 4. The fraction of sp³-hybridized carbons (Fsp3) is 0.310. The van der Waals surface area contributed by atoms with E-state index in [1.807, 2.05) is 50.3 Å². The van der Waals surface area contributed by atoms with Gasteiger partial charge >= 0.3 is 0 Å². The summed E-state index contributed by atoms with van der Waals surface area (Å²) in [5.41, 5.74) is 4.86. The van der Waals surface area contributed by atoms with Gasteiger partial charge in [-0.15, -0.1) is 0 Å². The lowest BCUT2D eigenvalue weighted by molar-refractivity contribution is -0.115. The molecular formula is C29H32ClN5O4S. The number of rotatable bonds is 8. The number of benzene rings is 3. The predicted molar refractivity (Wildman–Crippen MR) is 161 cm³/mol. The molecule has 2 aliphatic rings. The Hall–Kier alpha value is -3.60. The van der Waals surface area contributed by atoms with E-state index in [2.05, 4.69) is 10.2 Å². The Labute approximate surface area is 240 Å². The fourth-order valence-corrected chi connectivity index (χ4v) is 6.02. The number of hydrogen-bond donors (Lipinski definition) is 1. The fourth-order valence-electron chi connectivity index (χ4n) is 4.93. The van der Waals surface area contributed by atoms with Crippen molar-refractivity contribution in [3.63, 3.8) is 0 Å². The van der Waals surface area contributed by atoms with Crippen molar-refractivity contribution in [2.45, 2.75) is 5.92 Å². The van der Waals surface area contributed by atoms with Crippen LogP contribution in [0.15, 0.2) is 65.7 Å². The molecule has 0 saturated carbocycles. The first-order valence-corrected chi connectivity index (χ1v) is 15.1. The van der Waals surface area contributed by atoms with Gasteiger partial charge in [-0.05, 0) is 68.2 Å². The number of anilines is 3. The molecule has 1 amide bonds. The van der Waals surface area contributed by atoms with Crippen molar-refractivity contribution >= 4 is 56.0 Å². The van der Waals surface area contributed by atoms with E-state index >= 15 is 0 Å². The van der Waals surface area contributed by atoms with Gasteiger partial charge in [0.15, 0.2) is 0 Å². The van der Waals surface area contributed by atoms with E-state index in [1.54, 1.807) is 36.4 Å². The average molecular weight is 582 g/mol. The van der Waals surface area contributed by atoms with Gasteiger partial charge < -0.3 is 19.9 Å². The third-order valence-corrected chi connectivity index (χ3v) is 8.44. The standard InChI is InChI=1S/C29H32ClN5O4S/c1-33(2)13-14-35(40(4,37)38)22-9-7-21(8-10-22)31-28(19-5-12-25-26(17-19)39-16-15-34(25)3)27-23-11-6-20(30)18-24(23)32-29(27)36/h5-12,17-18,27H,13-16H2,1-4H3,(H,32,36). The van der Waals surface area contributed by atoms with E-state index in [1.165, 1.54) is 10.6 Å². The Balaban J connectivity index is 1.58. The third-order valence-electron chi connectivity index (χ3n) is 7.01. The van der Waals surface area contributed by atoms with Crippen molar-refractivity contribution in [3.8, 4) is 5.75 Å². The smallest absolute Gasteiger partial charge is 0.238 e. The van der Waals surface area contributed by atoms with Crippen LogP contribution in [-0.2, 0) is 14.8 Å². The van der Waals surface area contributed by atoms with Crippen LogP contribution in [0, 0.1) is 0 Å². The molecule has 2 heterocycles. The molecular weight excluding hydrogens is 550 g/mol. The van der Waals surface area contributed by atoms with Crippen LogP contribution in [0.3, 0.4) is 0 Å². The molecule has 3 aromatic rings. The van der Waals surface area contributed by atoms with E-state index in [9.17, 15) is 13.2 Å². The Bertz CT molecular complexity index is 1570. The zero-order valence-corrected chi connectivity index (χ0v) is 24.5. The van der Waals surface area contributed by atoms with Crippen LogP contribution in [0.2, 0.25) is 5.02 Å². The molecule has 0 aliphatic carbocycles. The van der Waals surface area contributed by atoms with Crippen molar-refractivity contribution in [1.29, 1.82) is 0 Å². The van der Waals surface area contributed by atoms with E-state index in [4.69, 9.17) is 21.3 Å². The first-order chi connectivity index (χ1) is 19.0. The highest BCUT2D eigenvalue weighted by atomic mass is 35.5. The molecule has 0 fully saturated rings. The molecule has 3 aromatic carbocycles. The van der Waals surface area contributed by atoms with Crippen LogP contribution in [0.25, 0.3) is 0 Å². The SMILES string of the molecule is CN(C)CCN(c1ccc(N=C(c2ccc3c(c2)OCCN3C)C2C(=O)Nc3cc(Cl)ccc32)cc1)S(C)(=O)=O. The molecule has 1 N–H and O–H groups in total. The van der Waals surface area contributed by atoms with Crippen molar-refractivity contribution in [2.24, 2.45) is 4.99 Å². The van der Waals surface area contributed by atoms with Crippen LogP contribution in [0.5, 0.6) is 5.75 Å². The lowest BCUT2D eigenvalue weighted by Gasteiger charge is -2.28. The topological polar surface area (TPSA) is 94.6 Å². The normalized spacial score (nSPS) is 16.9. The lowest BCUT2D eigenvalue weighted by Crippen LogP contribution is -2.35. The summed E-state index contributed by atoms with van der Waals surface area (Å²) >= 11 is 6.20. The van der Waals surface area contributed by atoms with Crippen molar-refractivity contribution in [2.75, 3.05) is 68.2 Å². The number of ether oxygens (including phenoxy) is 1. The Kier molecular flexibility index (Phi) is 7.76. The molecule has 0 saturated heterocycles. The predicted octanol–water partition coefficient (Wildman–Crippen LogP) is 4.35. The second-order valence-corrected chi connectivity index (χ2v) is 12.6. The zero-order valence-electron chi connectivity index (χ0n) is 22.9. The van der Waals surface area contributed by atoms with Crippen molar-refractivity contribution < 1.29 is 17.9 Å². The van der Waals surface area contributed by atoms with Crippen LogP contribution in [-0.4, -0.2) is 78.6 Å². The molecule has 1 unspecified atom stereocenters. The highest BCUT2D eigenvalue weighted by molar-refractivity contribution is 7.92. The number of hydrogen-bond acceptors (Lipinski definition) is 7. The summed E-state index contributed by atoms with van der Waals surface area (Å²) in [5.74, 6) is -0.136. The molecule has 11 heteroatoms. The van der Waals surface area contributed by atoms with Gasteiger partial charge in [0.25, 0.3) is 0 Å². The number of amides is 1. The van der Waals surface area contributed by atoms with Gasteiger partial charge in [0.1, 0.15) is 18.3 Å². The number of fused-ring (bicyclic) bond motifs is 2. The summed E-state index contributed by atoms with van der Waals surface area (Å²) in [6.45, 7) is 2.26. The second-order valence-electron chi connectivity index (χ2n) is 10.3. The minimum absolute atomic E-state index is 0.199. The Morgan fingerprint density at radius 1 is 1.10 bits per heavy atom. The number of nitrogens with one attached hydrogen (secondary N) is 1. The van der Waals surface area contributed by atoms with Gasteiger partial charge in [0, 0.05) is 36.4 Å². The van der Waals surface area contributed by atoms with Gasteiger partial charge in [0.2, 0.25) is 15.9 Å². The number of aliphatic imine (C=N–C) groups is 1. The molecule has 210 valence electrons. The van der Waals surface area contributed by atoms with Crippen molar-refractivity contribution in [1.82, 2.24) is 4.90 Å². The Morgan fingerprint density at radius 2 is 1.85 bits per heavy atom. The molecule has 0 bridgehead atoms. The van der Waals surface area contributed by atoms with Gasteiger partial charge in [-0.2, -0.15) is 0 Å². The van der Waals surface area contributed by atoms with Gasteiger partial charge in [-0.25, -0.2) is 8.42 Å². The molecule has 0 aromatic heterocycles. The monoisotopic (exact) mass is 581 g/mol. The average Bonchev–Trinajstić information content (AvgIpc) is 3.21. The maximum absolute atomic E-state index is 13.3. The minimum Gasteiger partial charge on any atom is -0.490 e. The quantitative estimate of drug-likeness (QED) is 0.398. The maximum atomic E-state index is 13.3. The largest absolute Gasteiger partial charge is 0.490 e. The second kappa shape index (κ2) is 11.1. The molecule has 5 rings (SSSR count). The van der Waals surface area contributed by atoms with Crippen LogP contribution in [0.4, 0.5) is 22.7 Å². The van der Waals surface area contributed by atoms with Gasteiger partial charge in [-0.1, -0.05) is 23.7 Å². The third kappa shape index (κ3) is 5.79. The van der Waals surface area contributed by atoms with Crippen LogP contribution >= 0.6 is 11.6 Å². The van der Waals surface area contributed by atoms with Gasteiger partial charge in [-0.3, -0.25) is 14.1 Å². The summed E-state index contributed by atoms with van der Waals surface area (Å²) < 4.78 is 32.3. The summed E-state index contributed by atoms with van der Waals surface area (Å²) in [4.78, 5) is 22.3. The highest BCUT2D eigenvalue weighted by Gasteiger charge is 2.36. The number of carbonyl (C=O) groups is 1. The molecule has 2 aliphatic heterocycles. The van der Waals surface area contributed by atoms with Crippen LogP contribution < -0.4 is 19.3 Å². The first kappa shape index (κ1) is 27.9. The summed E-state index contributed by atoms with van der Waals surface area (Å²) in [7, 11) is 2.34. The van der Waals surface area contributed by atoms with E-state index in [-0.39, 0.29) is 5.91 Å². The molecule has 9 nitrogen and oxygen atoms in total. The van der Waals surface area contributed by atoms with E-state index < -0.39 is 15.9 Å². The summed E-state index contributed by atoms with van der Waals surface area (Å²) in [6.07, 6.45) is 1.20.